The molecule has 0 bridgehead atoms. The van der Waals surface area contributed by atoms with Gasteiger partial charge in [-0.1, -0.05) is 0 Å². The summed E-state index contributed by atoms with van der Waals surface area (Å²) in [7, 11) is 0. The Bertz CT molecular complexity index is 1280. The smallest absolute Gasteiger partial charge is 0.545 e. The van der Waals surface area contributed by atoms with E-state index in [0.29, 0.717) is 0 Å². The van der Waals surface area contributed by atoms with Crippen LogP contribution in [0.3, 0.4) is 0 Å². The van der Waals surface area contributed by atoms with E-state index < -0.39 is 11.9 Å². The maximum atomic E-state index is 10.1. The minimum absolute atomic E-state index is 0. The molecule has 20 nitrogen and oxygen atoms in total. The Morgan fingerprint density at radius 3 is 0.822 bits per heavy atom. The number of aromatic nitrogens is 10. The monoisotopic (exact) mass is 680 g/mol. The number of aromatic carboxylic acids is 2. The van der Waals surface area contributed by atoms with Crippen LogP contribution >= 0.6 is 0 Å². The van der Waals surface area contributed by atoms with Crippen molar-refractivity contribution in [3.8, 4) is 23.3 Å². The molecule has 0 saturated heterocycles. The van der Waals surface area contributed by atoms with Gasteiger partial charge in [0.15, 0.2) is 23.3 Å². The number of nitrogens with one attached hydrogen (secondary N) is 4. The quantitative estimate of drug-likeness (QED) is 0.102. The van der Waals surface area contributed by atoms with Crippen LogP contribution in [0.15, 0.2) is 98.6 Å². The van der Waals surface area contributed by atoms with Crippen LogP contribution < -0.4 is 10.2 Å². The largest absolute Gasteiger partial charge is 2.00 e. The number of imidazole rings is 4. The fourth-order valence-corrected chi connectivity index (χ4v) is 2.56. The first kappa shape index (κ1) is 49.0. The number of rotatable bonds is 4. The van der Waals surface area contributed by atoms with E-state index in [1.165, 1.54) is 49.1 Å². The van der Waals surface area contributed by atoms with Crippen LogP contribution in [0, 0.1) is 0 Å². The predicted molar refractivity (Wildman–Crippen MR) is 154 cm³/mol. The van der Waals surface area contributed by atoms with Gasteiger partial charge in [-0.15, -0.1) is 0 Å². The van der Waals surface area contributed by atoms with Crippen LogP contribution in [0.2, 0.25) is 0 Å². The molecule has 0 aromatic carbocycles. The minimum atomic E-state index is -1.17. The molecule has 0 aliphatic carbocycles. The van der Waals surface area contributed by atoms with Crippen molar-refractivity contribution in [1.82, 2.24) is 49.8 Å². The van der Waals surface area contributed by atoms with Crippen molar-refractivity contribution in [1.29, 1.82) is 0 Å². The van der Waals surface area contributed by atoms with E-state index in [1.54, 1.807) is 49.6 Å². The number of pyridine rings is 2. The first-order chi connectivity index (χ1) is 18.5. The molecule has 6 aromatic heterocycles. The molecule has 0 unspecified atom stereocenters. The summed E-state index contributed by atoms with van der Waals surface area (Å²) in [5.41, 5.74) is 0.315. The Labute approximate surface area is 263 Å². The van der Waals surface area contributed by atoms with Gasteiger partial charge in [0.25, 0.3) is 0 Å². The number of aromatic amines is 4. The van der Waals surface area contributed by atoms with E-state index in [-0.39, 0.29) is 60.5 Å². The van der Waals surface area contributed by atoms with Gasteiger partial charge < -0.3 is 72.6 Å². The van der Waals surface area contributed by atoms with Crippen molar-refractivity contribution in [3.63, 3.8) is 0 Å². The first-order valence-corrected chi connectivity index (χ1v) is 10.8. The second-order valence-corrected chi connectivity index (χ2v) is 6.80. The van der Waals surface area contributed by atoms with Crippen LogP contribution in [0.1, 0.15) is 20.7 Å². The summed E-state index contributed by atoms with van der Waals surface area (Å²) in [6, 6.07) is 5.54. The number of H-pyrrole nitrogens is 4. The number of carbonyl (C=O) groups is 2. The Kier molecular flexibility index (Phi) is 29.6. The van der Waals surface area contributed by atoms with Gasteiger partial charge in [-0.2, -0.15) is 0 Å². The minimum Gasteiger partial charge on any atom is -0.545 e. The maximum absolute atomic E-state index is 10.1. The first-order valence-electron chi connectivity index (χ1n) is 10.8. The fourth-order valence-electron chi connectivity index (χ4n) is 2.56. The molecule has 0 spiro atoms. The Balaban J connectivity index is -0.000000150. The topological polar surface area (TPSA) is 413 Å². The molecule has 0 saturated carbocycles. The standard InChI is InChI=1S/2C6H6N4.2C6H5NO2.Ni.6H2O/c2*1-2-8-5(7-1)6-9-3-4-10-6;2*8-6(9)5-1-3-7-4-2-5;;;;;;;/h2*1-4H,(H,7,8)(H,9,10);2*1-4H,(H,8,9);;6*1H2/q;;;;+2;;;;;;. The Morgan fingerprint density at radius 2 is 0.689 bits per heavy atom. The third-order valence-corrected chi connectivity index (χ3v) is 4.27. The number of carboxylic acid groups (broad SMARTS) is 2. The van der Waals surface area contributed by atoms with Gasteiger partial charge in [0, 0.05) is 85.5 Å². The van der Waals surface area contributed by atoms with Crippen LogP contribution in [-0.4, -0.2) is 83.7 Å². The van der Waals surface area contributed by atoms with E-state index in [1.807, 2.05) is 0 Å². The van der Waals surface area contributed by atoms with Gasteiger partial charge >= 0.3 is 16.5 Å². The summed E-state index contributed by atoms with van der Waals surface area (Å²) >= 11 is 0. The third-order valence-electron chi connectivity index (χ3n) is 4.27. The number of hydrogen-bond acceptors (Lipinski definition) is 10. The summed E-state index contributed by atoms with van der Waals surface area (Å²) in [6.07, 6.45) is 19.4. The molecule has 0 amide bonds. The van der Waals surface area contributed by atoms with E-state index in [9.17, 15) is 19.8 Å². The van der Waals surface area contributed by atoms with E-state index in [2.05, 4.69) is 49.8 Å². The normalized spacial score (nSPS) is 8.00. The molecule has 0 aliphatic heterocycles. The SMILES string of the molecule is O.O.O.O.O=C([O-])c1ccncc1.O=C([O-])c1ccncc1.[Ni+2].[OH3+].[OH3+].c1c[nH]c(-c2ncc[nH]2)n1.c1c[nH]c(-c2ncc[nH]2)n1. The van der Waals surface area contributed by atoms with Crippen molar-refractivity contribution in [2.45, 2.75) is 0 Å². The van der Waals surface area contributed by atoms with Crippen LogP contribution in [0.25, 0.3) is 23.3 Å². The molecular formula is C24H34N10NiO10+2. The van der Waals surface area contributed by atoms with Crippen LogP contribution in [-0.2, 0) is 27.4 Å². The van der Waals surface area contributed by atoms with Gasteiger partial charge in [-0.05, 0) is 24.3 Å². The zero-order chi connectivity index (χ0) is 27.0. The predicted octanol–water partition coefficient (Wildman–Crippen LogP) is -4.66. The zero-order valence-corrected chi connectivity index (χ0v) is 24.0. The van der Waals surface area contributed by atoms with Gasteiger partial charge in [0.1, 0.15) is 0 Å². The number of hydrogen-bond donors (Lipinski definition) is 4. The molecule has 6 aromatic rings. The molecule has 248 valence electrons. The zero-order valence-electron chi connectivity index (χ0n) is 23.0. The van der Waals surface area contributed by atoms with E-state index in [4.69, 9.17) is 0 Å². The molecule has 45 heavy (non-hydrogen) atoms. The second-order valence-electron chi connectivity index (χ2n) is 6.80. The van der Waals surface area contributed by atoms with E-state index in [0.717, 1.165) is 23.3 Å². The number of carbonyl (C=O) groups excluding carboxylic acids is 2. The van der Waals surface area contributed by atoms with Gasteiger partial charge in [0.2, 0.25) is 0 Å². The third kappa shape index (κ3) is 17.1. The summed E-state index contributed by atoms with van der Waals surface area (Å²) in [4.78, 5) is 55.2. The van der Waals surface area contributed by atoms with Gasteiger partial charge in [0.05, 0.1) is 11.9 Å². The van der Waals surface area contributed by atoms with Crippen molar-refractivity contribution >= 4 is 11.9 Å². The molecule has 0 fully saturated rings. The molecule has 0 radical (unpaired) electrons. The molecule has 18 N–H and O–H groups in total. The molecule has 21 heteroatoms. The van der Waals surface area contributed by atoms with Crippen molar-refractivity contribution in [2.75, 3.05) is 0 Å². The Morgan fingerprint density at radius 1 is 0.467 bits per heavy atom. The van der Waals surface area contributed by atoms with Gasteiger partial charge in [-0.3, -0.25) is 9.97 Å². The van der Waals surface area contributed by atoms with Crippen molar-refractivity contribution in [3.05, 3.63) is 110 Å². The average Bonchev–Trinajstić information content (AvgIpc) is 3.78. The summed E-state index contributed by atoms with van der Waals surface area (Å²) < 4.78 is 0. The van der Waals surface area contributed by atoms with Crippen molar-refractivity contribution in [2.24, 2.45) is 0 Å². The number of carboxylic acids is 2. The summed E-state index contributed by atoms with van der Waals surface area (Å²) in [5, 5.41) is 20.1. The molecular weight excluding hydrogens is 647 g/mol. The van der Waals surface area contributed by atoms with E-state index >= 15 is 0 Å². The van der Waals surface area contributed by atoms with Crippen LogP contribution in [0.4, 0.5) is 0 Å². The second kappa shape index (κ2) is 27.2. The van der Waals surface area contributed by atoms with Crippen LogP contribution in [0.5, 0.6) is 0 Å². The number of nitrogens with zero attached hydrogens (tertiary/aromatic N) is 6. The molecule has 6 rings (SSSR count). The van der Waals surface area contributed by atoms with Crippen molar-refractivity contribution < 1.29 is 69.2 Å². The average molecular weight is 681 g/mol. The van der Waals surface area contributed by atoms with Gasteiger partial charge in [-0.25, -0.2) is 19.9 Å². The molecule has 6 heterocycles. The summed E-state index contributed by atoms with van der Waals surface area (Å²) in [6.45, 7) is 0. The maximum Gasteiger partial charge on any atom is 2.00 e. The fraction of sp³-hybridized carbons (Fsp3) is 0. The Hall–Kier alpha value is -5.67. The summed E-state index contributed by atoms with van der Waals surface area (Å²) in [5.74, 6) is 0.736. The molecule has 0 aliphatic rings. The molecule has 0 atom stereocenters.